The van der Waals surface area contributed by atoms with Gasteiger partial charge >= 0.3 is 0 Å². The van der Waals surface area contributed by atoms with E-state index in [1.165, 1.54) is 0 Å². The van der Waals surface area contributed by atoms with Gasteiger partial charge in [0.25, 0.3) is 0 Å². The Hall–Kier alpha value is -1.39. The van der Waals surface area contributed by atoms with E-state index in [0.29, 0.717) is 11.5 Å². The average molecular weight is 263 g/mol. The third-order valence-corrected chi connectivity index (χ3v) is 3.70. The first-order chi connectivity index (χ1) is 9.26. The predicted octanol–water partition coefficient (Wildman–Crippen LogP) is 1.71. The smallest absolute Gasteiger partial charge is 0.150 e. The fourth-order valence-electron chi connectivity index (χ4n) is 2.68. The maximum Gasteiger partial charge on any atom is 0.150 e. The highest BCUT2D eigenvalue weighted by Gasteiger charge is 2.20. The lowest BCUT2D eigenvalue weighted by molar-refractivity contribution is 0.112. The normalized spacial score (nSPS) is 20.2. The summed E-state index contributed by atoms with van der Waals surface area (Å²) in [6.07, 6.45) is 3.06. The van der Waals surface area contributed by atoms with Gasteiger partial charge in [0.2, 0.25) is 0 Å². The zero-order valence-corrected chi connectivity index (χ0v) is 11.3. The number of nitrogens with zero attached hydrogens (tertiary/aromatic N) is 1. The Morgan fingerprint density at radius 2 is 2.37 bits per heavy atom. The second kappa shape index (κ2) is 6.68. The number of hydrogen-bond acceptors (Lipinski definition) is 4. The Labute approximate surface area is 114 Å². The van der Waals surface area contributed by atoms with Gasteiger partial charge in [-0.1, -0.05) is 0 Å². The first-order valence-electron chi connectivity index (χ1n) is 6.72. The molecule has 1 heterocycles. The molecule has 0 aromatic heterocycles. The number of carbonyl (C=O) groups is 1. The van der Waals surface area contributed by atoms with Crippen molar-refractivity contribution in [3.8, 4) is 5.75 Å². The number of aldehydes is 1. The molecule has 0 amide bonds. The van der Waals surface area contributed by atoms with Crippen LogP contribution in [0.15, 0.2) is 18.2 Å². The molecule has 0 radical (unpaired) electrons. The van der Waals surface area contributed by atoms with Gasteiger partial charge in [-0.05, 0) is 43.5 Å². The molecule has 0 spiro atoms. The van der Waals surface area contributed by atoms with Crippen molar-refractivity contribution in [2.45, 2.75) is 19.4 Å². The van der Waals surface area contributed by atoms with Crippen molar-refractivity contribution in [2.24, 2.45) is 5.92 Å². The zero-order valence-electron chi connectivity index (χ0n) is 11.3. The number of rotatable bonds is 5. The number of methoxy groups -OCH3 is 1. The van der Waals surface area contributed by atoms with Crippen LogP contribution >= 0.6 is 0 Å². The molecule has 0 saturated carbocycles. The van der Waals surface area contributed by atoms with Crippen LogP contribution < -0.4 is 4.74 Å². The highest BCUT2D eigenvalue weighted by molar-refractivity contribution is 5.75. The molecule has 2 rings (SSSR count). The Bertz CT molecular complexity index is 433. The number of aliphatic hydroxyl groups excluding tert-OH is 1. The zero-order chi connectivity index (χ0) is 13.7. The minimum atomic E-state index is 0.252. The van der Waals surface area contributed by atoms with Crippen molar-refractivity contribution < 1.29 is 14.6 Å². The SMILES string of the molecule is COc1ccc(C=O)cc1CN1CCCC(CO)C1. The van der Waals surface area contributed by atoms with Gasteiger partial charge in [0.05, 0.1) is 7.11 Å². The number of benzene rings is 1. The van der Waals surface area contributed by atoms with E-state index in [0.717, 1.165) is 50.1 Å². The lowest BCUT2D eigenvalue weighted by Crippen LogP contribution is -2.36. The summed E-state index contributed by atoms with van der Waals surface area (Å²) in [5.74, 6) is 1.19. The summed E-state index contributed by atoms with van der Waals surface area (Å²) < 4.78 is 5.35. The number of aliphatic hydroxyl groups is 1. The molecule has 0 aliphatic carbocycles. The minimum Gasteiger partial charge on any atom is -0.496 e. The van der Waals surface area contributed by atoms with Gasteiger partial charge in [-0.25, -0.2) is 0 Å². The molecule has 1 atom stereocenters. The highest BCUT2D eigenvalue weighted by Crippen LogP contribution is 2.24. The molecular weight excluding hydrogens is 242 g/mol. The van der Waals surface area contributed by atoms with Crippen molar-refractivity contribution in [1.29, 1.82) is 0 Å². The van der Waals surface area contributed by atoms with Crippen LogP contribution in [0.5, 0.6) is 5.75 Å². The van der Waals surface area contributed by atoms with E-state index in [2.05, 4.69) is 4.90 Å². The Balaban J connectivity index is 2.10. The maximum absolute atomic E-state index is 10.9. The van der Waals surface area contributed by atoms with Crippen molar-refractivity contribution in [1.82, 2.24) is 4.90 Å². The van der Waals surface area contributed by atoms with E-state index in [4.69, 9.17) is 4.74 Å². The van der Waals surface area contributed by atoms with Gasteiger partial charge in [-0.3, -0.25) is 9.69 Å². The van der Waals surface area contributed by atoms with Crippen LogP contribution in [0.3, 0.4) is 0 Å². The van der Waals surface area contributed by atoms with Gasteiger partial charge in [0.15, 0.2) is 0 Å². The molecule has 1 aromatic carbocycles. The van der Waals surface area contributed by atoms with Crippen LogP contribution in [-0.2, 0) is 6.54 Å². The standard InChI is InChI=1S/C15H21NO3/c1-19-15-5-4-12(10-17)7-14(15)9-16-6-2-3-13(8-16)11-18/h4-5,7,10,13,18H,2-3,6,8-9,11H2,1H3. The topological polar surface area (TPSA) is 49.8 Å². The summed E-state index contributed by atoms with van der Waals surface area (Å²) in [5.41, 5.74) is 1.71. The first kappa shape index (κ1) is 14.0. The fourth-order valence-corrected chi connectivity index (χ4v) is 2.68. The molecule has 1 saturated heterocycles. The second-order valence-corrected chi connectivity index (χ2v) is 5.12. The van der Waals surface area contributed by atoms with Gasteiger partial charge in [0.1, 0.15) is 12.0 Å². The molecule has 19 heavy (non-hydrogen) atoms. The summed E-state index contributed by atoms with van der Waals surface area (Å²) in [5, 5.41) is 9.26. The third-order valence-electron chi connectivity index (χ3n) is 3.70. The Morgan fingerprint density at radius 3 is 3.05 bits per heavy atom. The maximum atomic E-state index is 10.9. The molecule has 1 aromatic rings. The number of piperidine rings is 1. The largest absolute Gasteiger partial charge is 0.496 e. The van der Waals surface area contributed by atoms with Crippen LogP contribution in [0.1, 0.15) is 28.8 Å². The minimum absolute atomic E-state index is 0.252. The molecule has 4 heteroatoms. The molecule has 1 unspecified atom stereocenters. The molecule has 1 N–H and O–H groups in total. The highest BCUT2D eigenvalue weighted by atomic mass is 16.5. The lowest BCUT2D eigenvalue weighted by Gasteiger charge is -2.32. The summed E-state index contributed by atoms with van der Waals surface area (Å²) in [4.78, 5) is 13.2. The van der Waals surface area contributed by atoms with Crippen molar-refractivity contribution >= 4 is 6.29 Å². The van der Waals surface area contributed by atoms with Crippen LogP contribution in [-0.4, -0.2) is 43.1 Å². The summed E-state index contributed by atoms with van der Waals surface area (Å²) in [6.45, 7) is 2.96. The molecule has 1 fully saturated rings. The molecule has 4 nitrogen and oxygen atoms in total. The van der Waals surface area contributed by atoms with E-state index in [1.54, 1.807) is 13.2 Å². The first-order valence-corrected chi connectivity index (χ1v) is 6.72. The van der Waals surface area contributed by atoms with Gasteiger partial charge < -0.3 is 9.84 Å². The molecule has 0 bridgehead atoms. The van der Waals surface area contributed by atoms with Crippen LogP contribution in [0.2, 0.25) is 0 Å². The van der Waals surface area contributed by atoms with Crippen molar-refractivity contribution in [2.75, 3.05) is 26.8 Å². The summed E-state index contributed by atoms with van der Waals surface area (Å²) >= 11 is 0. The van der Waals surface area contributed by atoms with Crippen LogP contribution in [0.25, 0.3) is 0 Å². The van der Waals surface area contributed by atoms with Crippen LogP contribution in [0.4, 0.5) is 0 Å². The van der Waals surface area contributed by atoms with Crippen molar-refractivity contribution in [3.63, 3.8) is 0 Å². The van der Waals surface area contributed by atoms with Gasteiger partial charge in [-0.15, -0.1) is 0 Å². The monoisotopic (exact) mass is 263 g/mol. The number of ether oxygens (including phenoxy) is 1. The van der Waals surface area contributed by atoms with Crippen molar-refractivity contribution in [3.05, 3.63) is 29.3 Å². The Morgan fingerprint density at radius 1 is 1.53 bits per heavy atom. The average Bonchev–Trinajstić information content (AvgIpc) is 2.47. The third kappa shape index (κ3) is 3.55. The van der Waals surface area contributed by atoms with E-state index in [1.807, 2.05) is 12.1 Å². The molecular formula is C15H21NO3. The van der Waals surface area contributed by atoms with E-state index >= 15 is 0 Å². The van der Waals surface area contributed by atoms with E-state index in [9.17, 15) is 9.90 Å². The fraction of sp³-hybridized carbons (Fsp3) is 0.533. The quantitative estimate of drug-likeness (QED) is 0.822. The predicted molar refractivity (Wildman–Crippen MR) is 73.5 cm³/mol. The molecule has 1 aliphatic rings. The lowest BCUT2D eigenvalue weighted by atomic mass is 9.98. The molecule has 1 aliphatic heterocycles. The number of hydrogen-bond donors (Lipinski definition) is 1. The number of carbonyl (C=O) groups excluding carboxylic acids is 1. The van der Waals surface area contributed by atoms with E-state index in [-0.39, 0.29) is 6.61 Å². The summed E-state index contributed by atoms with van der Waals surface area (Å²) in [6, 6.07) is 5.49. The van der Waals surface area contributed by atoms with Gasteiger partial charge in [0, 0.05) is 30.8 Å². The Kier molecular flexibility index (Phi) is 4.93. The summed E-state index contributed by atoms with van der Waals surface area (Å²) in [7, 11) is 1.64. The second-order valence-electron chi connectivity index (χ2n) is 5.12. The number of likely N-dealkylation sites (tertiary alicyclic amines) is 1. The van der Waals surface area contributed by atoms with Crippen LogP contribution in [0, 0.1) is 5.92 Å². The van der Waals surface area contributed by atoms with E-state index < -0.39 is 0 Å². The van der Waals surface area contributed by atoms with Gasteiger partial charge in [-0.2, -0.15) is 0 Å². The molecule has 104 valence electrons.